The van der Waals surface area contributed by atoms with E-state index in [1.807, 2.05) is 12.1 Å². The summed E-state index contributed by atoms with van der Waals surface area (Å²) in [5, 5.41) is 4.42. The number of aryl methyl sites for hydroxylation is 2. The second-order valence-corrected chi connectivity index (χ2v) is 6.96. The number of aromatic amines is 1. The Morgan fingerprint density at radius 1 is 1.39 bits per heavy atom. The van der Waals surface area contributed by atoms with Gasteiger partial charge in [-0.25, -0.2) is 0 Å². The van der Waals surface area contributed by atoms with Crippen molar-refractivity contribution >= 4 is 16.8 Å². The average molecular weight is 312 g/mol. The van der Waals surface area contributed by atoms with Gasteiger partial charge in [-0.1, -0.05) is 19.1 Å². The number of para-hydroxylation sites is 1. The topological polar surface area (TPSA) is 54.1 Å². The predicted octanol–water partition coefficient (Wildman–Crippen LogP) is 3.33. The summed E-state index contributed by atoms with van der Waals surface area (Å²) in [6, 6.07) is 6.21. The van der Waals surface area contributed by atoms with Gasteiger partial charge in [-0.05, 0) is 38.3 Å². The van der Waals surface area contributed by atoms with Crippen molar-refractivity contribution in [2.45, 2.75) is 45.8 Å². The number of ether oxygens (including phenoxy) is 1. The molecule has 4 atom stereocenters. The molecule has 1 aromatic carbocycles. The summed E-state index contributed by atoms with van der Waals surface area (Å²) in [6.07, 6.45) is 2.48. The van der Waals surface area contributed by atoms with Gasteiger partial charge >= 0.3 is 0 Å². The molecule has 0 unspecified atom stereocenters. The van der Waals surface area contributed by atoms with Crippen LogP contribution in [0.5, 0.6) is 0 Å². The third kappa shape index (κ3) is 2.12. The Bertz CT molecular complexity index is 764. The van der Waals surface area contributed by atoms with E-state index in [-0.39, 0.29) is 11.9 Å². The van der Waals surface area contributed by atoms with E-state index in [2.05, 4.69) is 37.1 Å². The number of H-pyrrole nitrogens is 1. The van der Waals surface area contributed by atoms with Crippen LogP contribution in [0.1, 0.15) is 41.4 Å². The van der Waals surface area contributed by atoms with Crippen molar-refractivity contribution in [1.29, 1.82) is 0 Å². The Labute approximate surface area is 136 Å². The molecule has 0 spiro atoms. The van der Waals surface area contributed by atoms with Crippen LogP contribution in [-0.2, 0) is 4.74 Å². The molecule has 2 fully saturated rings. The van der Waals surface area contributed by atoms with E-state index >= 15 is 0 Å². The normalized spacial score (nSPS) is 29.3. The minimum atomic E-state index is 0.0330. The summed E-state index contributed by atoms with van der Waals surface area (Å²) in [7, 11) is 0. The molecule has 2 heterocycles. The highest BCUT2D eigenvalue weighted by Crippen LogP contribution is 2.45. The van der Waals surface area contributed by atoms with Gasteiger partial charge in [0.05, 0.1) is 17.2 Å². The van der Waals surface area contributed by atoms with E-state index < -0.39 is 0 Å². The molecule has 2 aromatic rings. The fraction of sp³-hybridized carbons (Fsp3) is 0.526. The Balaban J connectivity index is 1.61. The van der Waals surface area contributed by atoms with Crippen LogP contribution in [0.15, 0.2) is 18.2 Å². The van der Waals surface area contributed by atoms with Crippen LogP contribution in [0, 0.1) is 25.7 Å². The molecular weight excluding hydrogens is 288 g/mol. The summed E-state index contributed by atoms with van der Waals surface area (Å²) in [4.78, 5) is 16.2. The van der Waals surface area contributed by atoms with Crippen LogP contribution in [0.4, 0.5) is 0 Å². The molecule has 1 saturated carbocycles. The Morgan fingerprint density at radius 2 is 2.22 bits per heavy atom. The standard InChI is InChI=1S/C19H24N2O2/c1-4-12-16(14-8-9-23-18(12)14)21-19(22)15-7-5-6-13-10(2)11(3)20-17(13)15/h5-7,12,14,16,18,20H,4,8-9H2,1-3H3,(H,21,22)/t12-,14+,16-,18-/m1/s1. The minimum absolute atomic E-state index is 0.0330. The number of nitrogens with one attached hydrogen (secondary N) is 2. The summed E-state index contributed by atoms with van der Waals surface area (Å²) >= 11 is 0. The van der Waals surface area contributed by atoms with Crippen LogP contribution in [0.3, 0.4) is 0 Å². The summed E-state index contributed by atoms with van der Waals surface area (Å²) in [5.41, 5.74) is 4.04. The molecule has 0 bridgehead atoms. The van der Waals surface area contributed by atoms with Gasteiger partial charge in [0.2, 0.25) is 0 Å². The Kier molecular flexibility index (Phi) is 3.45. The molecule has 1 aromatic heterocycles. The van der Waals surface area contributed by atoms with E-state index in [0.29, 0.717) is 17.9 Å². The van der Waals surface area contributed by atoms with Crippen molar-refractivity contribution in [3.8, 4) is 0 Å². The highest BCUT2D eigenvalue weighted by Gasteiger charge is 2.53. The van der Waals surface area contributed by atoms with Gasteiger partial charge in [0.25, 0.3) is 5.91 Å². The number of fused-ring (bicyclic) bond motifs is 2. The lowest BCUT2D eigenvalue weighted by atomic mass is 9.65. The SMILES string of the molecule is CC[C@@H]1[C@@H](NC(=O)c2cccc3c(C)c(C)[nH]c23)[C@@H]2CCO[C@H]12. The Morgan fingerprint density at radius 3 is 3.00 bits per heavy atom. The van der Waals surface area contributed by atoms with Crippen LogP contribution < -0.4 is 5.32 Å². The fourth-order valence-corrected chi connectivity index (χ4v) is 4.43. The molecule has 1 aliphatic carbocycles. The van der Waals surface area contributed by atoms with Crippen LogP contribution >= 0.6 is 0 Å². The predicted molar refractivity (Wildman–Crippen MR) is 90.7 cm³/mol. The lowest BCUT2D eigenvalue weighted by Crippen LogP contribution is -2.61. The number of carbonyl (C=O) groups excluding carboxylic acids is 1. The van der Waals surface area contributed by atoms with Crippen molar-refractivity contribution in [3.05, 3.63) is 35.0 Å². The van der Waals surface area contributed by atoms with Crippen LogP contribution in [-0.4, -0.2) is 29.6 Å². The third-order valence-corrected chi connectivity index (χ3v) is 5.89. The van der Waals surface area contributed by atoms with E-state index in [4.69, 9.17) is 4.74 Å². The van der Waals surface area contributed by atoms with Gasteiger partial charge in [0.15, 0.2) is 0 Å². The zero-order valence-electron chi connectivity index (χ0n) is 14.0. The lowest BCUT2D eigenvalue weighted by molar-refractivity contribution is -0.0545. The van der Waals surface area contributed by atoms with E-state index in [9.17, 15) is 4.79 Å². The summed E-state index contributed by atoms with van der Waals surface area (Å²) in [5.74, 6) is 0.985. The third-order valence-electron chi connectivity index (χ3n) is 5.89. The van der Waals surface area contributed by atoms with Crippen molar-refractivity contribution in [2.24, 2.45) is 11.8 Å². The first-order valence-corrected chi connectivity index (χ1v) is 8.62. The molecule has 122 valence electrons. The molecule has 0 radical (unpaired) electrons. The molecule has 2 N–H and O–H groups in total. The second kappa shape index (κ2) is 5.38. The number of rotatable bonds is 3. The van der Waals surface area contributed by atoms with Gasteiger partial charge in [0, 0.05) is 35.6 Å². The molecule has 1 amide bonds. The molecular formula is C19H24N2O2. The van der Waals surface area contributed by atoms with Crippen molar-refractivity contribution in [2.75, 3.05) is 6.61 Å². The molecule has 4 nitrogen and oxygen atoms in total. The highest BCUT2D eigenvalue weighted by molar-refractivity contribution is 6.06. The molecule has 1 aliphatic heterocycles. The number of hydrogen-bond donors (Lipinski definition) is 2. The molecule has 23 heavy (non-hydrogen) atoms. The smallest absolute Gasteiger partial charge is 0.253 e. The maximum Gasteiger partial charge on any atom is 0.253 e. The Hall–Kier alpha value is -1.81. The molecule has 2 aliphatic rings. The number of benzene rings is 1. The lowest BCUT2D eigenvalue weighted by Gasteiger charge is -2.47. The van der Waals surface area contributed by atoms with E-state index in [1.165, 1.54) is 5.56 Å². The van der Waals surface area contributed by atoms with Crippen LogP contribution in [0.25, 0.3) is 10.9 Å². The number of hydrogen-bond acceptors (Lipinski definition) is 2. The highest BCUT2D eigenvalue weighted by atomic mass is 16.5. The average Bonchev–Trinajstić information content (AvgIpc) is 3.08. The first kappa shape index (κ1) is 14.8. The molecule has 1 saturated heterocycles. The monoisotopic (exact) mass is 312 g/mol. The van der Waals surface area contributed by atoms with Gasteiger partial charge in [-0.15, -0.1) is 0 Å². The number of carbonyl (C=O) groups is 1. The van der Waals surface area contributed by atoms with Crippen LogP contribution in [0.2, 0.25) is 0 Å². The zero-order valence-corrected chi connectivity index (χ0v) is 14.0. The van der Waals surface area contributed by atoms with E-state index in [0.717, 1.165) is 41.6 Å². The van der Waals surface area contributed by atoms with Gasteiger partial charge in [-0.2, -0.15) is 0 Å². The van der Waals surface area contributed by atoms with Crippen molar-refractivity contribution < 1.29 is 9.53 Å². The van der Waals surface area contributed by atoms with Gasteiger partial charge in [-0.3, -0.25) is 4.79 Å². The molecule has 4 rings (SSSR count). The van der Waals surface area contributed by atoms with Crippen molar-refractivity contribution in [3.63, 3.8) is 0 Å². The first-order chi connectivity index (χ1) is 11.1. The second-order valence-electron chi connectivity index (χ2n) is 6.96. The minimum Gasteiger partial charge on any atom is -0.377 e. The number of aromatic nitrogens is 1. The van der Waals surface area contributed by atoms with Gasteiger partial charge < -0.3 is 15.0 Å². The summed E-state index contributed by atoms with van der Waals surface area (Å²) in [6.45, 7) is 7.16. The zero-order chi connectivity index (χ0) is 16.1. The first-order valence-electron chi connectivity index (χ1n) is 8.62. The van der Waals surface area contributed by atoms with Gasteiger partial charge in [0.1, 0.15) is 0 Å². The largest absolute Gasteiger partial charge is 0.377 e. The maximum absolute atomic E-state index is 12.9. The molecule has 4 heteroatoms. The van der Waals surface area contributed by atoms with Crippen molar-refractivity contribution in [1.82, 2.24) is 10.3 Å². The maximum atomic E-state index is 12.9. The number of amides is 1. The summed E-state index contributed by atoms with van der Waals surface area (Å²) < 4.78 is 5.80. The van der Waals surface area contributed by atoms with E-state index in [1.54, 1.807) is 0 Å². The fourth-order valence-electron chi connectivity index (χ4n) is 4.43. The quantitative estimate of drug-likeness (QED) is 0.913.